The molecule has 0 amide bonds. The summed E-state index contributed by atoms with van der Waals surface area (Å²) in [7, 11) is 0. The smallest absolute Gasteiger partial charge is 0.133 e. The van der Waals surface area contributed by atoms with E-state index in [-0.39, 0.29) is 0 Å². The summed E-state index contributed by atoms with van der Waals surface area (Å²) in [5.74, 6) is 0.670. The summed E-state index contributed by atoms with van der Waals surface area (Å²) in [6.07, 6.45) is 10.1. The van der Waals surface area contributed by atoms with Gasteiger partial charge in [0.25, 0.3) is 0 Å². The monoisotopic (exact) mass is 152 g/mol. The van der Waals surface area contributed by atoms with Gasteiger partial charge in [-0.25, -0.2) is 0 Å². The molecule has 0 heterocycles. The van der Waals surface area contributed by atoms with Crippen molar-refractivity contribution in [2.45, 2.75) is 39.0 Å². The number of hydrogen-bond acceptors (Lipinski definition) is 1. The van der Waals surface area contributed by atoms with Crippen LogP contribution in [0, 0.1) is 5.92 Å². The summed E-state index contributed by atoms with van der Waals surface area (Å²) in [5.41, 5.74) is 0. The van der Waals surface area contributed by atoms with Crippen LogP contribution in [0.3, 0.4) is 0 Å². The molecule has 0 N–H and O–H groups in total. The average molecular weight is 152 g/mol. The highest BCUT2D eigenvalue weighted by Gasteiger charge is 2.12. The summed E-state index contributed by atoms with van der Waals surface area (Å²) < 4.78 is 0. The maximum Gasteiger partial charge on any atom is 0.133 e. The molecule has 1 unspecified atom stereocenters. The lowest BCUT2D eigenvalue weighted by molar-refractivity contribution is -0.120. The van der Waals surface area contributed by atoms with Crippen LogP contribution in [-0.2, 0) is 4.79 Å². The zero-order valence-corrected chi connectivity index (χ0v) is 7.18. The first-order valence-electron chi connectivity index (χ1n) is 4.46. The molecule has 1 heteroatoms. The quantitative estimate of drug-likeness (QED) is 0.528. The molecule has 0 aromatic heterocycles. The minimum Gasteiger partial charge on any atom is -0.300 e. The van der Waals surface area contributed by atoms with Crippen LogP contribution in [0.2, 0.25) is 0 Å². The Balaban J connectivity index is 2.45. The molecule has 0 radical (unpaired) electrons. The molecule has 1 atom stereocenters. The van der Waals surface area contributed by atoms with E-state index in [0.717, 1.165) is 12.8 Å². The second-order valence-electron chi connectivity index (χ2n) is 3.30. The van der Waals surface area contributed by atoms with E-state index in [4.69, 9.17) is 0 Å². The fraction of sp³-hybridized carbons (Fsp3) is 0.700. The second-order valence-corrected chi connectivity index (χ2v) is 3.30. The van der Waals surface area contributed by atoms with Gasteiger partial charge >= 0.3 is 0 Å². The largest absolute Gasteiger partial charge is 0.300 e. The third-order valence-corrected chi connectivity index (χ3v) is 2.34. The SMILES string of the molecule is CC(=O)C1CC=CCCCC1. The van der Waals surface area contributed by atoms with Crippen molar-refractivity contribution in [3.8, 4) is 0 Å². The van der Waals surface area contributed by atoms with Crippen LogP contribution < -0.4 is 0 Å². The van der Waals surface area contributed by atoms with E-state index in [2.05, 4.69) is 12.2 Å². The first-order chi connectivity index (χ1) is 5.30. The van der Waals surface area contributed by atoms with Crippen molar-refractivity contribution in [2.24, 2.45) is 5.92 Å². The molecule has 0 fully saturated rings. The second kappa shape index (κ2) is 4.32. The number of hydrogen-bond donors (Lipinski definition) is 0. The Morgan fingerprint density at radius 1 is 1.36 bits per heavy atom. The van der Waals surface area contributed by atoms with Gasteiger partial charge in [0.15, 0.2) is 0 Å². The fourth-order valence-corrected chi connectivity index (χ4v) is 1.52. The molecular formula is C10H16O. The normalized spacial score (nSPS) is 25.7. The predicted molar refractivity (Wildman–Crippen MR) is 46.4 cm³/mol. The molecule has 0 bridgehead atoms. The number of ketones is 1. The molecule has 1 rings (SSSR count). The van der Waals surface area contributed by atoms with Crippen molar-refractivity contribution in [2.75, 3.05) is 0 Å². The highest BCUT2D eigenvalue weighted by Crippen LogP contribution is 2.18. The molecule has 0 aliphatic heterocycles. The lowest BCUT2D eigenvalue weighted by atomic mass is 9.92. The van der Waals surface area contributed by atoms with Crippen LogP contribution in [-0.4, -0.2) is 5.78 Å². The highest BCUT2D eigenvalue weighted by atomic mass is 16.1. The summed E-state index contributed by atoms with van der Waals surface area (Å²) in [6.45, 7) is 1.71. The minimum absolute atomic E-state index is 0.312. The molecule has 1 nitrogen and oxygen atoms in total. The molecule has 1 aliphatic rings. The van der Waals surface area contributed by atoms with Crippen molar-refractivity contribution < 1.29 is 4.79 Å². The number of carbonyl (C=O) groups is 1. The van der Waals surface area contributed by atoms with E-state index in [1.165, 1.54) is 19.3 Å². The van der Waals surface area contributed by atoms with Crippen LogP contribution in [0.25, 0.3) is 0 Å². The van der Waals surface area contributed by atoms with Crippen LogP contribution >= 0.6 is 0 Å². The summed E-state index contributed by atoms with van der Waals surface area (Å²) in [6, 6.07) is 0. The molecule has 62 valence electrons. The summed E-state index contributed by atoms with van der Waals surface area (Å²) in [5, 5.41) is 0. The van der Waals surface area contributed by atoms with Crippen LogP contribution in [0.4, 0.5) is 0 Å². The van der Waals surface area contributed by atoms with Gasteiger partial charge in [0, 0.05) is 5.92 Å². The predicted octanol–water partition coefficient (Wildman–Crippen LogP) is 2.71. The van der Waals surface area contributed by atoms with Crippen molar-refractivity contribution in [3.63, 3.8) is 0 Å². The number of rotatable bonds is 1. The topological polar surface area (TPSA) is 17.1 Å². The molecular weight excluding hydrogens is 136 g/mol. The average Bonchev–Trinajstić information content (AvgIpc) is 1.84. The summed E-state index contributed by atoms with van der Waals surface area (Å²) in [4.78, 5) is 11.0. The van der Waals surface area contributed by atoms with Gasteiger partial charge in [-0.15, -0.1) is 0 Å². The Morgan fingerprint density at radius 3 is 2.91 bits per heavy atom. The maximum atomic E-state index is 11.0. The Bertz CT molecular complexity index is 158. The van der Waals surface area contributed by atoms with Gasteiger partial charge < -0.3 is 0 Å². The summed E-state index contributed by atoms with van der Waals surface area (Å²) >= 11 is 0. The van der Waals surface area contributed by atoms with Gasteiger partial charge in [-0.3, -0.25) is 4.79 Å². The van der Waals surface area contributed by atoms with Gasteiger partial charge in [0.1, 0.15) is 5.78 Å². The van der Waals surface area contributed by atoms with Gasteiger partial charge in [0.05, 0.1) is 0 Å². The number of Topliss-reactive ketones (excluding diaryl/α,β-unsaturated/α-hetero) is 1. The van der Waals surface area contributed by atoms with Crippen LogP contribution in [0.1, 0.15) is 39.0 Å². The third-order valence-electron chi connectivity index (χ3n) is 2.34. The maximum absolute atomic E-state index is 11.0. The van der Waals surface area contributed by atoms with E-state index in [9.17, 15) is 4.79 Å². The van der Waals surface area contributed by atoms with Crippen molar-refractivity contribution in [3.05, 3.63) is 12.2 Å². The van der Waals surface area contributed by atoms with Gasteiger partial charge in [0.2, 0.25) is 0 Å². The van der Waals surface area contributed by atoms with Gasteiger partial charge in [-0.2, -0.15) is 0 Å². The molecule has 0 spiro atoms. The van der Waals surface area contributed by atoms with E-state index >= 15 is 0 Å². The molecule has 0 saturated heterocycles. The number of carbonyl (C=O) groups excluding carboxylic acids is 1. The highest BCUT2D eigenvalue weighted by molar-refractivity contribution is 5.78. The molecule has 1 aliphatic carbocycles. The lowest BCUT2D eigenvalue weighted by Gasteiger charge is -2.12. The molecule has 11 heavy (non-hydrogen) atoms. The van der Waals surface area contributed by atoms with Crippen molar-refractivity contribution in [1.82, 2.24) is 0 Å². The fourth-order valence-electron chi connectivity index (χ4n) is 1.52. The van der Waals surface area contributed by atoms with E-state index in [0.29, 0.717) is 11.7 Å². The van der Waals surface area contributed by atoms with Crippen molar-refractivity contribution in [1.29, 1.82) is 0 Å². The number of allylic oxidation sites excluding steroid dienone is 2. The Labute approximate surface area is 68.5 Å². The van der Waals surface area contributed by atoms with E-state index in [1.54, 1.807) is 6.92 Å². The molecule has 0 saturated carbocycles. The van der Waals surface area contributed by atoms with Crippen LogP contribution in [0.5, 0.6) is 0 Å². The first-order valence-corrected chi connectivity index (χ1v) is 4.46. The lowest BCUT2D eigenvalue weighted by Crippen LogP contribution is -2.10. The Kier molecular flexibility index (Phi) is 3.34. The molecule has 0 aromatic carbocycles. The van der Waals surface area contributed by atoms with Gasteiger partial charge in [-0.05, 0) is 32.6 Å². The van der Waals surface area contributed by atoms with Crippen molar-refractivity contribution >= 4 is 5.78 Å². The molecule has 0 aromatic rings. The van der Waals surface area contributed by atoms with Gasteiger partial charge in [-0.1, -0.05) is 18.6 Å². The third kappa shape index (κ3) is 2.87. The first kappa shape index (κ1) is 8.51. The van der Waals surface area contributed by atoms with E-state index < -0.39 is 0 Å². The van der Waals surface area contributed by atoms with Crippen LogP contribution in [0.15, 0.2) is 12.2 Å². The Hall–Kier alpha value is -0.590. The van der Waals surface area contributed by atoms with E-state index in [1.807, 2.05) is 0 Å². The zero-order valence-electron chi connectivity index (χ0n) is 7.18. The Morgan fingerprint density at radius 2 is 2.18 bits per heavy atom. The minimum atomic E-state index is 0.312. The standard InChI is InChI=1S/C10H16O/c1-9(11)10-7-5-3-2-4-6-8-10/h3,5,10H,2,4,6-8H2,1H3. The zero-order chi connectivity index (χ0) is 8.10.